The van der Waals surface area contributed by atoms with Crippen molar-refractivity contribution in [1.82, 2.24) is 4.90 Å². The molecule has 1 N–H and O–H groups in total. The van der Waals surface area contributed by atoms with Crippen LogP contribution < -0.4 is 10.1 Å². The fourth-order valence-electron chi connectivity index (χ4n) is 3.41. The van der Waals surface area contributed by atoms with Gasteiger partial charge in [-0.25, -0.2) is 0 Å². The molecular formula is C23H26N2O3. The Kier molecular flexibility index (Phi) is 5.54. The van der Waals surface area contributed by atoms with E-state index in [0.717, 1.165) is 22.6 Å². The highest BCUT2D eigenvalue weighted by molar-refractivity contribution is 6.36. The van der Waals surface area contributed by atoms with E-state index < -0.39 is 0 Å². The first-order chi connectivity index (χ1) is 13.3. The number of likely N-dealkylation sites (N-methyl/N-ethyl adjacent to an activating group) is 1. The lowest BCUT2D eigenvalue weighted by atomic mass is 10.0. The van der Waals surface area contributed by atoms with Crippen LogP contribution in [0.5, 0.6) is 5.75 Å². The Hall–Kier alpha value is -3.08. The van der Waals surface area contributed by atoms with Gasteiger partial charge >= 0.3 is 0 Å². The van der Waals surface area contributed by atoms with Gasteiger partial charge in [0, 0.05) is 12.2 Å². The molecule has 0 radical (unpaired) electrons. The molecule has 146 valence electrons. The number of amides is 2. The normalized spacial score (nSPS) is 14.3. The molecule has 0 fully saturated rings. The molecule has 0 unspecified atom stereocenters. The predicted octanol–water partition coefficient (Wildman–Crippen LogP) is 4.30. The third-order valence-corrected chi connectivity index (χ3v) is 4.49. The van der Waals surface area contributed by atoms with Gasteiger partial charge in [-0.1, -0.05) is 18.2 Å². The number of aryl methyl sites for hydroxylation is 2. The van der Waals surface area contributed by atoms with Crippen LogP contribution in [-0.2, 0) is 9.59 Å². The molecule has 1 aliphatic rings. The first-order valence-electron chi connectivity index (χ1n) is 9.53. The van der Waals surface area contributed by atoms with Crippen molar-refractivity contribution in [3.63, 3.8) is 0 Å². The first-order valence-corrected chi connectivity index (χ1v) is 9.53. The Morgan fingerprint density at radius 3 is 2.11 bits per heavy atom. The van der Waals surface area contributed by atoms with Crippen LogP contribution in [0.15, 0.2) is 48.2 Å². The van der Waals surface area contributed by atoms with Gasteiger partial charge in [-0.3, -0.25) is 14.5 Å². The number of rotatable bonds is 6. The highest BCUT2D eigenvalue weighted by atomic mass is 16.5. The van der Waals surface area contributed by atoms with Gasteiger partial charge in [0.15, 0.2) is 0 Å². The van der Waals surface area contributed by atoms with Gasteiger partial charge in [-0.05, 0) is 75.6 Å². The molecular weight excluding hydrogens is 352 g/mol. The molecule has 0 atom stereocenters. The fraction of sp³-hybridized carbons (Fsp3) is 0.304. The van der Waals surface area contributed by atoms with Crippen molar-refractivity contribution in [3.05, 3.63) is 64.9 Å². The highest BCUT2D eigenvalue weighted by Crippen LogP contribution is 2.31. The van der Waals surface area contributed by atoms with Gasteiger partial charge in [0.1, 0.15) is 11.4 Å². The van der Waals surface area contributed by atoms with Crippen LogP contribution in [0.4, 0.5) is 5.69 Å². The quantitative estimate of drug-likeness (QED) is 0.762. The second kappa shape index (κ2) is 7.89. The number of nitrogens with zero attached hydrogens (tertiary/aromatic N) is 1. The second-order valence-electron chi connectivity index (χ2n) is 7.30. The van der Waals surface area contributed by atoms with Crippen LogP contribution in [0, 0.1) is 13.8 Å². The van der Waals surface area contributed by atoms with Crippen LogP contribution in [0.25, 0.3) is 5.57 Å². The van der Waals surface area contributed by atoms with Crippen molar-refractivity contribution in [2.45, 2.75) is 40.7 Å². The third kappa shape index (κ3) is 3.93. The predicted molar refractivity (Wildman–Crippen MR) is 111 cm³/mol. The summed E-state index contributed by atoms with van der Waals surface area (Å²) in [5.41, 5.74) is 4.37. The first kappa shape index (κ1) is 19.7. The maximum atomic E-state index is 12.9. The van der Waals surface area contributed by atoms with E-state index in [1.165, 1.54) is 4.90 Å². The molecule has 0 saturated carbocycles. The number of hydrogen-bond acceptors (Lipinski definition) is 4. The van der Waals surface area contributed by atoms with Gasteiger partial charge in [0.05, 0.1) is 11.7 Å². The van der Waals surface area contributed by atoms with Gasteiger partial charge in [-0.15, -0.1) is 0 Å². The Morgan fingerprint density at radius 1 is 0.964 bits per heavy atom. The number of carbonyl (C=O) groups excluding carboxylic acids is 2. The summed E-state index contributed by atoms with van der Waals surface area (Å²) >= 11 is 0. The van der Waals surface area contributed by atoms with E-state index >= 15 is 0 Å². The van der Waals surface area contributed by atoms with Gasteiger partial charge in [-0.2, -0.15) is 0 Å². The van der Waals surface area contributed by atoms with E-state index in [0.29, 0.717) is 23.4 Å². The van der Waals surface area contributed by atoms with E-state index in [2.05, 4.69) is 11.4 Å². The zero-order valence-electron chi connectivity index (χ0n) is 17.0. The molecule has 1 aliphatic heterocycles. The molecule has 28 heavy (non-hydrogen) atoms. The molecule has 0 aromatic heterocycles. The summed E-state index contributed by atoms with van der Waals surface area (Å²) in [4.78, 5) is 27.1. The molecule has 0 spiro atoms. The summed E-state index contributed by atoms with van der Waals surface area (Å²) in [6.45, 7) is 10.0. The number of anilines is 1. The maximum absolute atomic E-state index is 12.9. The second-order valence-corrected chi connectivity index (χ2v) is 7.30. The van der Waals surface area contributed by atoms with Crippen molar-refractivity contribution in [2.24, 2.45) is 0 Å². The number of benzene rings is 2. The number of imide groups is 1. The summed E-state index contributed by atoms with van der Waals surface area (Å²) < 4.78 is 5.68. The zero-order chi connectivity index (χ0) is 20.4. The Bertz CT molecular complexity index is 923. The standard InChI is InChI=1S/C23H26N2O3/c1-6-25-22(26)20(17-7-9-19(10-8-17)28-14(2)3)21(23(25)27)24-18-12-15(4)11-16(5)13-18/h7-14,24H,6H2,1-5H3. The molecule has 2 aromatic carbocycles. The minimum atomic E-state index is -0.302. The minimum absolute atomic E-state index is 0.0668. The van der Waals surface area contributed by atoms with Crippen LogP contribution in [0.2, 0.25) is 0 Å². The van der Waals surface area contributed by atoms with E-state index in [1.54, 1.807) is 6.92 Å². The van der Waals surface area contributed by atoms with Crippen molar-refractivity contribution in [3.8, 4) is 5.75 Å². The summed E-state index contributed by atoms with van der Waals surface area (Å²) in [5, 5.41) is 3.20. The van der Waals surface area contributed by atoms with Crippen molar-refractivity contribution < 1.29 is 14.3 Å². The lowest BCUT2D eigenvalue weighted by Crippen LogP contribution is -2.32. The lowest BCUT2D eigenvalue weighted by molar-refractivity contribution is -0.136. The van der Waals surface area contributed by atoms with Crippen LogP contribution in [0.1, 0.15) is 37.5 Å². The third-order valence-electron chi connectivity index (χ3n) is 4.49. The zero-order valence-corrected chi connectivity index (χ0v) is 17.0. The summed E-state index contributed by atoms with van der Waals surface area (Å²) in [7, 11) is 0. The van der Waals surface area contributed by atoms with Crippen molar-refractivity contribution in [2.75, 3.05) is 11.9 Å². The molecule has 0 saturated heterocycles. The SMILES string of the molecule is CCN1C(=O)C(Nc2cc(C)cc(C)c2)=C(c2ccc(OC(C)C)cc2)C1=O. The molecule has 5 nitrogen and oxygen atoms in total. The summed E-state index contributed by atoms with van der Waals surface area (Å²) in [6.07, 6.45) is 0.0668. The van der Waals surface area contributed by atoms with E-state index in [1.807, 2.05) is 64.1 Å². The topological polar surface area (TPSA) is 58.6 Å². The molecule has 2 amide bonds. The van der Waals surface area contributed by atoms with Crippen LogP contribution in [0.3, 0.4) is 0 Å². The minimum Gasteiger partial charge on any atom is -0.491 e. The number of carbonyl (C=O) groups is 2. The van der Waals surface area contributed by atoms with Crippen LogP contribution >= 0.6 is 0 Å². The molecule has 5 heteroatoms. The number of hydrogen-bond donors (Lipinski definition) is 1. The summed E-state index contributed by atoms with van der Waals surface area (Å²) in [6, 6.07) is 13.3. The number of nitrogens with one attached hydrogen (secondary N) is 1. The van der Waals surface area contributed by atoms with Crippen molar-refractivity contribution >= 4 is 23.1 Å². The lowest BCUT2D eigenvalue weighted by Gasteiger charge is -2.12. The molecule has 0 aliphatic carbocycles. The van der Waals surface area contributed by atoms with Crippen LogP contribution in [-0.4, -0.2) is 29.4 Å². The van der Waals surface area contributed by atoms with Gasteiger partial charge < -0.3 is 10.1 Å². The molecule has 0 bridgehead atoms. The number of ether oxygens (including phenoxy) is 1. The van der Waals surface area contributed by atoms with E-state index in [-0.39, 0.29) is 17.9 Å². The summed E-state index contributed by atoms with van der Waals surface area (Å²) in [5.74, 6) is 0.147. The Balaban J connectivity index is 2.03. The maximum Gasteiger partial charge on any atom is 0.278 e. The highest BCUT2D eigenvalue weighted by Gasteiger charge is 2.38. The Labute approximate surface area is 166 Å². The average molecular weight is 378 g/mol. The molecule has 2 aromatic rings. The van der Waals surface area contributed by atoms with Gasteiger partial charge in [0.25, 0.3) is 11.8 Å². The van der Waals surface area contributed by atoms with Crippen molar-refractivity contribution in [1.29, 1.82) is 0 Å². The molecule has 1 heterocycles. The van der Waals surface area contributed by atoms with E-state index in [4.69, 9.17) is 4.74 Å². The van der Waals surface area contributed by atoms with Gasteiger partial charge in [0.2, 0.25) is 0 Å². The smallest absolute Gasteiger partial charge is 0.278 e. The largest absolute Gasteiger partial charge is 0.491 e. The monoisotopic (exact) mass is 378 g/mol. The fourth-order valence-corrected chi connectivity index (χ4v) is 3.41. The average Bonchev–Trinajstić information content (AvgIpc) is 2.84. The van der Waals surface area contributed by atoms with E-state index in [9.17, 15) is 9.59 Å². The Morgan fingerprint density at radius 2 is 1.57 bits per heavy atom. The molecule has 3 rings (SSSR count).